The molecule has 1 aromatic heterocycles. The number of alkyl halides is 3. The van der Waals surface area contributed by atoms with Crippen LogP contribution in [-0.4, -0.2) is 27.9 Å². The molecule has 1 aliphatic rings. The number of nitrogens with one attached hydrogen (secondary N) is 1. The number of nitrogens with two attached hydrogens (primary N) is 1. The van der Waals surface area contributed by atoms with E-state index in [1.54, 1.807) is 0 Å². The van der Waals surface area contributed by atoms with Crippen LogP contribution in [0.5, 0.6) is 0 Å². The summed E-state index contributed by atoms with van der Waals surface area (Å²) in [5.74, 6) is -0.375. The van der Waals surface area contributed by atoms with Gasteiger partial charge in [-0.1, -0.05) is 0 Å². The lowest BCUT2D eigenvalue weighted by Crippen LogP contribution is -2.23. The third-order valence-electron chi connectivity index (χ3n) is 3.09. The second kappa shape index (κ2) is 5.20. The molecular weight excluding hydrogens is 261 g/mol. The first-order valence-corrected chi connectivity index (χ1v) is 5.99. The van der Waals surface area contributed by atoms with Gasteiger partial charge in [-0.05, 0) is 19.3 Å². The van der Waals surface area contributed by atoms with Crippen LogP contribution in [0.4, 0.5) is 18.9 Å². The summed E-state index contributed by atoms with van der Waals surface area (Å²) in [5, 5.41) is 6.12. The molecule has 0 radical (unpaired) electrons. The van der Waals surface area contributed by atoms with Crippen LogP contribution in [0.1, 0.15) is 19.3 Å². The maximum Gasteiger partial charge on any atom is 0.408 e. The van der Waals surface area contributed by atoms with Gasteiger partial charge in [0.15, 0.2) is 0 Å². The van der Waals surface area contributed by atoms with Crippen molar-refractivity contribution in [2.24, 2.45) is 11.7 Å². The van der Waals surface area contributed by atoms with Crippen LogP contribution in [0.3, 0.4) is 0 Å². The van der Waals surface area contributed by atoms with Gasteiger partial charge in [-0.2, -0.15) is 18.3 Å². The summed E-state index contributed by atoms with van der Waals surface area (Å²) >= 11 is 0. The molecular formula is C11H15F3N4O. The van der Waals surface area contributed by atoms with E-state index in [9.17, 15) is 18.0 Å². The standard InChI is InChI=1S/C11H15F3N4O/c12-11(13,14)6-18-5-9(4-16-18)17-10(19)7-1-2-8(15)3-7/h4-5,7-8H,1-3,6,15H2,(H,17,19). The molecule has 0 saturated heterocycles. The molecule has 19 heavy (non-hydrogen) atoms. The number of anilines is 1. The number of rotatable bonds is 3. The van der Waals surface area contributed by atoms with Gasteiger partial charge in [-0.25, -0.2) is 0 Å². The first kappa shape index (κ1) is 13.9. The van der Waals surface area contributed by atoms with Crippen molar-refractivity contribution in [3.8, 4) is 0 Å². The molecule has 8 heteroatoms. The summed E-state index contributed by atoms with van der Waals surface area (Å²) in [6, 6.07) is 0.0312. The summed E-state index contributed by atoms with van der Waals surface area (Å²) in [6.07, 6.45) is 0.169. The molecule has 3 N–H and O–H groups in total. The lowest BCUT2D eigenvalue weighted by atomic mass is 10.1. The molecule has 5 nitrogen and oxygen atoms in total. The number of halogens is 3. The van der Waals surface area contributed by atoms with Crippen molar-refractivity contribution in [1.29, 1.82) is 0 Å². The largest absolute Gasteiger partial charge is 0.408 e. The molecule has 0 spiro atoms. The number of amides is 1. The number of hydrogen-bond acceptors (Lipinski definition) is 3. The molecule has 106 valence electrons. The van der Waals surface area contributed by atoms with Crippen LogP contribution in [0.15, 0.2) is 12.4 Å². The fourth-order valence-electron chi connectivity index (χ4n) is 2.20. The van der Waals surface area contributed by atoms with Gasteiger partial charge in [0.25, 0.3) is 0 Å². The van der Waals surface area contributed by atoms with E-state index in [0.717, 1.165) is 11.1 Å². The molecule has 2 unspecified atom stereocenters. The van der Waals surface area contributed by atoms with E-state index in [4.69, 9.17) is 5.73 Å². The van der Waals surface area contributed by atoms with E-state index in [0.29, 0.717) is 12.8 Å². The Morgan fingerprint density at radius 3 is 2.84 bits per heavy atom. The van der Waals surface area contributed by atoms with Gasteiger partial charge in [0, 0.05) is 18.2 Å². The van der Waals surface area contributed by atoms with E-state index in [2.05, 4.69) is 10.4 Å². The lowest BCUT2D eigenvalue weighted by Gasteiger charge is -2.09. The number of carbonyl (C=O) groups is 1. The fourth-order valence-corrected chi connectivity index (χ4v) is 2.20. The van der Waals surface area contributed by atoms with Crippen molar-refractivity contribution in [3.63, 3.8) is 0 Å². The van der Waals surface area contributed by atoms with Gasteiger partial charge in [-0.3, -0.25) is 9.48 Å². The number of hydrogen-bond donors (Lipinski definition) is 2. The predicted octanol–water partition coefficient (Wildman–Crippen LogP) is 1.51. The van der Waals surface area contributed by atoms with Crippen LogP contribution >= 0.6 is 0 Å². The van der Waals surface area contributed by atoms with Crippen molar-refractivity contribution in [2.45, 2.75) is 38.0 Å². The van der Waals surface area contributed by atoms with Crippen molar-refractivity contribution >= 4 is 11.6 Å². The van der Waals surface area contributed by atoms with Crippen molar-refractivity contribution < 1.29 is 18.0 Å². The Bertz CT molecular complexity index is 457. The summed E-state index contributed by atoms with van der Waals surface area (Å²) in [7, 11) is 0. The minimum atomic E-state index is -4.33. The molecule has 1 aliphatic carbocycles. The minimum Gasteiger partial charge on any atom is -0.328 e. The molecule has 1 amide bonds. The molecule has 0 bridgehead atoms. The highest BCUT2D eigenvalue weighted by Gasteiger charge is 2.29. The monoisotopic (exact) mass is 276 g/mol. The van der Waals surface area contributed by atoms with Gasteiger partial charge in [-0.15, -0.1) is 0 Å². The number of carbonyl (C=O) groups excluding carboxylic acids is 1. The Labute approximate surface area is 108 Å². The van der Waals surface area contributed by atoms with Crippen LogP contribution in [-0.2, 0) is 11.3 Å². The topological polar surface area (TPSA) is 72.9 Å². The van der Waals surface area contributed by atoms with Crippen molar-refractivity contribution in [2.75, 3.05) is 5.32 Å². The van der Waals surface area contributed by atoms with Crippen molar-refractivity contribution in [1.82, 2.24) is 9.78 Å². The Balaban J connectivity index is 1.91. The van der Waals surface area contributed by atoms with Gasteiger partial charge >= 0.3 is 6.18 Å². The Morgan fingerprint density at radius 2 is 2.26 bits per heavy atom. The second-order valence-corrected chi connectivity index (χ2v) is 4.80. The van der Waals surface area contributed by atoms with Gasteiger partial charge in [0.2, 0.25) is 5.91 Å². The van der Waals surface area contributed by atoms with Crippen LogP contribution in [0.2, 0.25) is 0 Å². The first-order valence-electron chi connectivity index (χ1n) is 5.99. The summed E-state index contributed by atoms with van der Waals surface area (Å²) in [5.41, 5.74) is 5.98. The Kier molecular flexibility index (Phi) is 3.79. The zero-order chi connectivity index (χ0) is 14.0. The third-order valence-corrected chi connectivity index (χ3v) is 3.09. The maximum absolute atomic E-state index is 12.1. The highest BCUT2D eigenvalue weighted by atomic mass is 19.4. The Morgan fingerprint density at radius 1 is 1.53 bits per heavy atom. The number of nitrogens with zero attached hydrogens (tertiary/aromatic N) is 2. The zero-order valence-electron chi connectivity index (χ0n) is 10.2. The average molecular weight is 276 g/mol. The molecule has 1 aromatic rings. The smallest absolute Gasteiger partial charge is 0.328 e. The van der Waals surface area contributed by atoms with E-state index in [1.807, 2.05) is 0 Å². The normalized spacial score (nSPS) is 23.6. The van der Waals surface area contributed by atoms with Crippen LogP contribution in [0, 0.1) is 5.92 Å². The van der Waals surface area contributed by atoms with Crippen molar-refractivity contribution in [3.05, 3.63) is 12.4 Å². The van der Waals surface area contributed by atoms with E-state index >= 15 is 0 Å². The zero-order valence-corrected chi connectivity index (χ0v) is 10.2. The van der Waals surface area contributed by atoms with Gasteiger partial charge in [0.05, 0.1) is 11.9 Å². The highest BCUT2D eigenvalue weighted by molar-refractivity contribution is 5.92. The van der Waals surface area contributed by atoms with E-state index < -0.39 is 12.7 Å². The quantitative estimate of drug-likeness (QED) is 0.879. The maximum atomic E-state index is 12.1. The Hall–Kier alpha value is -1.57. The molecule has 0 aliphatic heterocycles. The molecule has 1 saturated carbocycles. The predicted molar refractivity (Wildman–Crippen MR) is 62.2 cm³/mol. The van der Waals surface area contributed by atoms with Gasteiger partial charge < -0.3 is 11.1 Å². The summed E-state index contributed by atoms with van der Waals surface area (Å²) in [4.78, 5) is 11.8. The minimum absolute atomic E-state index is 0.0312. The first-order chi connectivity index (χ1) is 8.83. The van der Waals surface area contributed by atoms with E-state index in [-0.39, 0.29) is 23.6 Å². The summed E-state index contributed by atoms with van der Waals surface area (Å²) < 4.78 is 37.2. The lowest BCUT2D eigenvalue weighted by molar-refractivity contribution is -0.142. The molecule has 1 fully saturated rings. The highest BCUT2D eigenvalue weighted by Crippen LogP contribution is 2.25. The fraction of sp³-hybridized carbons (Fsp3) is 0.636. The van der Waals surface area contributed by atoms with E-state index in [1.165, 1.54) is 12.4 Å². The number of aromatic nitrogens is 2. The molecule has 0 aromatic carbocycles. The third kappa shape index (κ3) is 3.95. The molecule has 2 atom stereocenters. The summed E-state index contributed by atoms with van der Waals surface area (Å²) in [6.45, 7) is -1.17. The van der Waals surface area contributed by atoms with Crippen LogP contribution in [0.25, 0.3) is 0 Å². The van der Waals surface area contributed by atoms with Gasteiger partial charge in [0.1, 0.15) is 6.54 Å². The van der Waals surface area contributed by atoms with Crippen LogP contribution < -0.4 is 11.1 Å². The molecule has 1 heterocycles. The second-order valence-electron chi connectivity index (χ2n) is 4.80. The average Bonchev–Trinajstić information content (AvgIpc) is 2.85. The SMILES string of the molecule is NC1CCC(C(=O)Nc2cnn(CC(F)(F)F)c2)C1. The molecule has 2 rings (SSSR count).